The van der Waals surface area contributed by atoms with Gasteiger partial charge in [0.1, 0.15) is 0 Å². The fraction of sp³-hybridized carbons (Fsp3) is 0.0476. The number of ketones is 1. The quantitative estimate of drug-likeness (QED) is 0.440. The van der Waals surface area contributed by atoms with Gasteiger partial charge in [0.2, 0.25) is 0 Å². The van der Waals surface area contributed by atoms with Crippen molar-refractivity contribution in [1.29, 1.82) is 0 Å². The van der Waals surface area contributed by atoms with Crippen molar-refractivity contribution in [2.75, 3.05) is 5.32 Å². The summed E-state index contributed by atoms with van der Waals surface area (Å²) in [5.74, 6) is -1.26. The van der Waals surface area contributed by atoms with E-state index in [1.54, 1.807) is 36.9 Å². The zero-order valence-electron chi connectivity index (χ0n) is 14.4. The Balaban J connectivity index is 1.67. The highest BCUT2D eigenvalue weighted by atomic mass is 16.2. The van der Waals surface area contributed by atoms with Gasteiger partial charge in [-0.15, -0.1) is 0 Å². The summed E-state index contributed by atoms with van der Waals surface area (Å²) in [6, 6.07) is 16.5. The number of aromatic nitrogens is 3. The van der Waals surface area contributed by atoms with E-state index in [0.717, 1.165) is 16.6 Å². The fourth-order valence-corrected chi connectivity index (χ4v) is 2.97. The second-order valence-electron chi connectivity index (χ2n) is 6.03. The molecule has 0 aliphatic rings. The molecule has 4 rings (SSSR count). The average molecular weight is 356 g/mol. The van der Waals surface area contributed by atoms with Crippen LogP contribution < -0.4 is 5.32 Å². The third-order valence-corrected chi connectivity index (χ3v) is 4.24. The number of carbonyl (C=O) groups is 2. The molecule has 0 saturated heterocycles. The van der Waals surface area contributed by atoms with Crippen molar-refractivity contribution in [3.63, 3.8) is 0 Å². The first-order valence-electron chi connectivity index (χ1n) is 8.46. The molecule has 0 fully saturated rings. The summed E-state index contributed by atoms with van der Waals surface area (Å²) in [5.41, 5.74) is 2.65. The van der Waals surface area contributed by atoms with Crippen molar-refractivity contribution >= 4 is 28.3 Å². The summed E-state index contributed by atoms with van der Waals surface area (Å²) < 4.78 is 1.94. The second kappa shape index (κ2) is 7.21. The molecule has 4 aromatic rings. The van der Waals surface area contributed by atoms with Gasteiger partial charge in [0, 0.05) is 41.4 Å². The molecule has 1 N–H and O–H groups in total. The minimum absolute atomic E-state index is 0.369. The van der Waals surface area contributed by atoms with Crippen LogP contribution in [0.3, 0.4) is 0 Å². The molecule has 27 heavy (non-hydrogen) atoms. The molecule has 3 heterocycles. The summed E-state index contributed by atoms with van der Waals surface area (Å²) in [6.07, 6.45) is 6.56. The number of para-hydroxylation sites is 1. The van der Waals surface area contributed by atoms with Gasteiger partial charge in [0.05, 0.1) is 17.8 Å². The van der Waals surface area contributed by atoms with E-state index in [2.05, 4.69) is 15.3 Å². The van der Waals surface area contributed by atoms with Gasteiger partial charge in [0.15, 0.2) is 0 Å². The first-order chi connectivity index (χ1) is 13.2. The number of nitrogens with one attached hydrogen (secondary N) is 1. The number of amides is 1. The van der Waals surface area contributed by atoms with Crippen LogP contribution in [0.2, 0.25) is 0 Å². The van der Waals surface area contributed by atoms with E-state index in [0.29, 0.717) is 17.8 Å². The molecule has 0 aliphatic heterocycles. The Kier molecular flexibility index (Phi) is 4.45. The number of rotatable bonds is 5. The van der Waals surface area contributed by atoms with Crippen molar-refractivity contribution in [2.24, 2.45) is 0 Å². The van der Waals surface area contributed by atoms with Crippen molar-refractivity contribution in [2.45, 2.75) is 6.54 Å². The van der Waals surface area contributed by atoms with Gasteiger partial charge in [-0.1, -0.05) is 24.3 Å². The summed E-state index contributed by atoms with van der Waals surface area (Å²) in [4.78, 5) is 33.4. The molecule has 0 atom stereocenters. The number of benzene rings is 1. The van der Waals surface area contributed by atoms with E-state index >= 15 is 0 Å². The maximum absolute atomic E-state index is 12.8. The largest absolute Gasteiger partial charge is 0.341 e. The van der Waals surface area contributed by atoms with E-state index < -0.39 is 11.7 Å². The Hall–Kier alpha value is -3.80. The number of hydrogen-bond acceptors (Lipinski definition) is 4. The van der Waals surface area contributed by atoms with Crippen molar-refractivity contribution in [3.8, 4) is 0 Å². The second-order valence-corrected chi connectivity index (χ2v) is 6.03. The lowest BCUT2D eigenvalue weighted by atomic mass is 10.1. The average Bonchev–Trinajstić information content (AvgIpc) is 3.07. The number of carbonyl (C=O) groups excluding carboxylic acids is 2. The van der Waals surface area contributed by atoms with Crippen LogP contribution in [0.25, 0.3) is 10.9 Å². The van der Waals surface area contributed by atoms with E-state index in [-0.39, 0.29) is 0 Å². The Morgan fingerprint density at radius 2 is 1.70 bits per heavy atom. The van der Waals surface area contributed by atoms with Gasteiger partial charge >= 0.3 is 0 Å². The molecule has 0 saturated carbocycles. The van der Waals surface area contributed by atoms with Crippen LogP contribution in [0, 0.1) is 0 Å². The van der Waals surface area contributed by atoms with Crippen molar-refractivity contribution in [1.82, 2.24) is 14.5 Å². The topological polar surface area (TPSA) is 76.9 Å². The molecule has 132 valence electrons. The third kappa shape index (κ3) is 3.46. The predicted molar refractivity (Wildman–Crippen MR) is 102 cm³/mol. The summed E-state index contributed by atoms with van der Waals surface area (Å²) >= 11 is 0. The fourth-order valence-electron chi connectivity index (χ4n) is 2.97. The van der Waals surface area contributed by atoms with Crippen LogP contribution in [0.5, 0.6) is 0 Å². The van der Waals surface area contributed by atoms with Gasteiger partial charge in [-0.3, -0.25) is 19.6 Å². The van der Waals surface area contributed by atoms with Gasteiger partial charge in [-0.05, 0) is 30.3 Å². The molecular formula is C21H16N4O2. The van der Waals surface area contributed by atoms with Gasteiger partial charge in [-0.2, -0.15) is 0 Å². The molecule has 6 heteroatoms. The lowest BCUT2D eigenvalue weighted by molar-refractivity contribution is -0.112. The number of Topliss-reactive ketones (excluding diaryl/α,β-unsaturated/α-hetero) is 1. The highest BCUT2D eigenvalue weighted by molar-refractivity contribution is 6.48. The zero-order valence-corrected chi connectivity index (χ0v) is 14.4. The first-order valence-corrected chi connectivity index (χ1v) is 8.46. The smallest absolute Gasteiger partial charge is 0.296 e. The highest BCUT2D eigenvalue weighted by Crippen LogP contribution is 2.23. The molecule has 0 radical (unpaired) electrons. The van der Waals surface area contributed by atoms with Crippen LogP contribution >= 0.6 is 0 Å². The molecule has 1 amide bonds. The number of anilines is 1. The van der Waals surface area contributed by atoms with Gasteiger partial charge < -0.3 is 9.88 Å². The SMILES string of the molecule is O=C(Nc1ccncc1)C(=O)c1cn(Cc2ccccn2)c2ccccc12. The van der Waals surface area contributed by atoms with Crippen LogP contribution in [0.1, 0.15) is 16.1 Å². The monoisotopic (exact) mass is 356 g/mol. The highest BCUT2D eigenvalue weighted by Gasteiger charge is 2.21. The van der Waals surface area contributed by atoms with Crippen LogP contribution in [-0.2, 0) is 11.3 Å². The van der Waals surface area contributed by atoms with Crippen molar-refractivity contribution < 1.29 is 9.59 Å². The maximum Gasteiger partial charge on any atom is 0.296 e. The number of fused-ring (bicyclic) bond motifs is 1. The predicted octanol–water partition coefficient (Wildman–Crippen LogP) is 3.30. The third-order valence-electron chi connectivity index (χ3n) is 4.24. The molecule has 6 nitrogen and oxygen atoms in total. The number of pyridine rings is 2. The van der Waals surface area contributed by atoms with Gasteiger partial charge in [-0.25, -0.2) is 0 Å². The Bertz CT molecular complexity index is 1100. The lowest BCUT2D eigenvalue weighted by Gasteiger charge is -2.04. The van der Waals surface area contributed by atoms with Crippen LogP contribution in [0.4, 0.5) is 5.69 Å². The molecule has 0 unspecified atom stereocenters. The number of hydrogen-bond donors (Lipinski definition) is 1. The van der Waals surface area contributed by atoms with E-state index in [9.17, 15) is 9.59 Å². The summed E-state index contributed by atoms with van der Waals surface area (Å²) in [5, 5.41) is 3.35. The molecule has 0 aliphatic carbocycles. The molecule has 1 aromatic carbocycles. The Morgan fingerprint density at radius 1 is 0.926 bits per heavy atom. The standard InChI is InChI=1S/C21H16N4O2/c26-20(21(27)24-15-8-11-22-12-9-15)18-14-25(13-16-5-3-4-10-23-16)19-7-2-1-6-17(18)19/h1-12,14H,13H2,(H,22,24,27). The van der Waals surface area contributed by atoms with Crippen LogP contribution in [-0.4, -0.2) is 26.2 Å². The Labute approximate surface area is 155 Å². The normalized spacial score (nSPS) is 10.7. The summed E-state index contributed by atoms with van der Waals surface area (Å²) in [7, 11) is 0. The minimum Gasteiger partial charge on any atom is -0.341 e. The maximum atomic E-state index is 12.8. The molecule has 0 bridgehead atoms. The number of nitrogens with zero attached hydrogens (tertiary/aromatic N) is 3. The van der Waals surface area contributed by atoms with E-state index in [4.69, 9.17) is 0 Å². The molecule has 3 aromatic heterocycles. The van der Waals surface area contributed by atoms with E-state index in [1.807, 2.05) is 47.0 Å². The van der Waals surface area contributed by atoms with E-state index in [1.165, 1.54) is 0 Å². The molecule has 0 spiro atoms. The molecular weight excluding hydrogens is 340 g/mol. The lowest BCUT2D eigenvalue weighted by Crippen LogP contribution is -2.22. The van der Waals surface area contributed by atoms with Crippen molar-refractivity contribution in [3.05, 3.63) is 90.6 Å². The minimum atomic E-state index is -0.679. The Morgan fingerprint density at radius 3 is 2.48 bits per heavy atom. The first kappa shape index (κ1) is 16.7. The van der Waals surface area contributed by atoms with Gasteiger partial charge in [0.25, 0.3) is 11.7 Å². The van der Waals surface area contributed by atoms with Crippen LogP contribution in [0.15, 0.2) is 79.4 Å². The zero-order chi connectivity index (χ0) is 18.6. The summed E-state index contributed by atoms with van der Waals surface area (Å²) in [6.45, 7) is 0.514.